The number of anilines is 2. The predicted molar refractivity (Wildman–Crippen MR) is 159 cm³/mol. The third-order valence-corrected chi connectivity index (χ3v) is 7.62. The Kier molecular flexibility index (Phi) is 6.79. The Hall–Kier alpha value is -4.17. The van der Waals surface area contributed by atoms with Crippen LogP contribution in [0.15, 0.2) is 54.6 Å². The van der Waals surface area contributed by atoms with Gasteiger partial charge in [-0.3, -0.25) is 9.89 Å². The van der Waals surface area contributed by atoms with E-state index < -0.39 is 0 Å². The molecule has 1 aliphatic heterocycles. The molecule has 1 amide bonds. The number of nitrogens with one attached hydrogen (secondary N) is 3. The fraction of sp³-hybridized carbons (Fsp3) is 0.323. The van der Waals surface area contributed by atoms with Gasteiger partial charge in [-0.1, -0.05) is 32.0 Å². The number of aromatic amines is 2. The van der Waals surface area contributed by atoms with Gasteiger partial charge in [0, 0.05) is 43.7 Å². The number of carbonyl (C=O) groups is 1. The summed E-state index contributed by atoms with van der Waals surface area (Å²) >= 11 is 0. The molecule has 2 aromatic heterocycles. The van der Waals surface area contributed by atoms with Crippen LogP contribution in [-0.4, -0.2) is 64.2 Å². The van der Waals surface area contributed by atoms with Gasteiger partial charge >= 0.3 is 0 Å². The molecule has 1 aliphatic rings. The second-order valence-electron chi connectivity index (χ2n) is 10.5. The Labute approximate surface area is 228 Å². The van der Waals surface area contributed by atoms with Crippen LogP contribution in [0, 0.1) is 0 Å². The van der Waals surface area contributed by atoms with Crippen molar-refractivity contribution in [3.8, 4) is 22.6 Å². The van der Waals surface area contributed by atoms with Crippen LogP contribution in [0.5, 0.6) is 0 Å². The number of aryl methyl sites for hydroxylation is 1. The maximum absolute atomic E-state index is 12.3. The van der Waals surface area contributed by atoms with Crippen molar-refractivity contribution in [2.24, 2.45) is 0 Å². The SMILES string of the molecule is CCCC(=O)Nc1cc(CC)cc(-c2ccc3[nH]nc(-c4nc5c(N6CCN(C)CC6)cccc5[nH]4)c3c2)c1. The minimum absolute atomic E-state index is 0.0464. The predicted octanol–water partition coefficient (Wildman–Crippen LogP) is 5.83. The number of aromatic nitrogens is 4. The molecule has 0 saturated carbocycles. The Morgan fingerprint density at radius 2 is 1.82 bits per heavy atom. The van der Waals surface area contributed by atoms with Crippen molar-refractivity contribution in [3.05, 3.63) is 60.2 Å². The molecule has 200 valence electrons. The molecule has 3 heterocycles. The Bertz CT molecular complexity index is 1640. The lowest BCUT2D eigenvalue weighted by atomic mass is 9.99. The van der Waals surface area contributed by atoms with Crippen molar-refractivity contribution in [1.29, 1.82) is 0 Å². The van der Waals surface area contributed by atoms with Crippen molar-refractivity contribution < 1.29 is 4.79 Å². The highest BCUT2D eigenvalue weighted by atomic mass is 16.1. The number of rotatable bonds is 7. The number of piperazine rings is 1. The fourth-order valence-electron chi connectivity index (χ4n) is 5.39. The maximum atomic E-state index is 12.3. The third kappa shape index (κ3) is 5.00. The Morgan fingerprint density at radius 3 is 2.62 bits per heavy atom. The molecule has 0 unspecified atom stereocenters. The molecule has 6 rings (SSSR count). The summed E-state index contributed by atoms with van der Waals surface area (Å²) in [5.41, 5.74) is 9.07. The zero-order chi connectivity index (χ0) is 26.9. The normalized spacial score (nSPS) is 14.4. The lowest BCUT2D eigenvalue weighted by molar-refractivity contribution is -0.116. The molecule has 0 radical (unpaired) electrons. The number of nitrogens with zero attached hydrogens (tertiary/aromatic N) is 4. The summed E-state index contributed by atoms with van der Waals surface area (Å²) in [6, 6.07) is 19.0. The van der Waals surface area contributed by atoms with Crippen LogP contribution in [0.3, 0.4) is 0 Å². The summed E-state index contributed by atoms with van der Waals surface area (Å²) in [7, 11) is 2.17. The van der Waals surface area contributed by atoms with E-state index in [9.17, 15) is 4.79 Å². The van der Waals surface area contributed by atoms with Gasteiger partial charge in [0.2, 0.25) is 5.91 Å². The first-order chi connectivity index (χ1) is 19.0. The van der Waals surface area contributed by atoms with E-state index in [1.807, 2.05) is 6.92 Å². The first-order valence-electron chi connectivity index (χ1n) is 13.9. The van der Waals surface area contributed by atoms with Gasteiger partial charge in [-0.2, -0.15) is 5.10 Å². The fourth-order valence-corrected chi connectivity index (χ4v) is 5.39. The summed E-state index contributed by atoms with van der Waals surface area (Å²) in [5.74, 6) is 0.801. The average Bonchev–Trinajstić information content (AvgIpc) is 3.57. The van der Waals surface area contributed by atoms with E-state index >= 15 is 0 Å². The second-order valence-corrected chi connectivity index (χ2v) is 10.5. The molecule has 1 saturated heterocycles. The first kappa shape index (κ1) is 25.1. The number of imidazole rings is 1. The lowest BCUT2D eigenvalue weighted by Crippen LogP contribution is -2.44. The van der Waals surface area contributed by atoms with Crippen LogP contribution >= 0.6 is 0 Å². The molecule has 0 atom stereocenters. The minimum atomic E-state index is 0.0464. The van der Waals surface area contributed by atoms with E-state index in [0.717, 1.165) is 95.0 Å². The zero-order valence-corrected chi connectivity index (χ0v) is 22.8. The van der Waals surface area contributed by atoms with Gasteiger partial charge in [0.25, 0.3) is 0 Å². The molecule has 8 heteroatoms. The molecule has 1 fully saturated rings. The van der Waals surface area contributed by atoms with Crippen LogP contribution in [0.4, 0.5) is 11.4 Å². The van der Waals surface area contributed by atoms with Gasteiger partial charge in [0.05, 0.1) is 16.7 Å². The topological polar surface area (TPSA) is 92.9 Å². The molecule has 3 aromatic carbocycles. The molecule has 0 aliphatic carbocycles. The number of hydrogen-bond donors (Lipinski definition) is 3. The summed E-state index contributed by atoms with van der Waals surface area (Å²) in [4.78, 5) is 25.6. The highest BCUT2D eigenvalue weighted by Gasteiger charge is 2.20. The Balaban J connectivity index is 1.38. The highest BCUT2D eigenvalue weighted by molar-refractivity contribution is 5.98. The molecule has 3 N–H and O–H groups in total. The zero-order valence-electron chi connectivity index (χ0n) is 22.8. The molecule has 0 spiro atoms. The van der Waals surface area contributed by atoms with Gasteiger partial charge in [-0.05, 0) is 73.0 Å². The quantitative estimate of drug-likeness (QED) is 0.251. The van der Waals surface area contributed by atoms with E-state index in [1.165, 1.54) is 5.56 Å². The first-order valence-corrected chi connectivity index (χ1v) is 13.9. The molecule has 8 nitrogen and oxygen atoms in total. The highest BCUT2D eigenvalue weighted by Crippen LogP contribution is 2.34. The molecule has 39 heavy (non-hydrogen) atoms. The van der Waals surface area contributed by atoms with Crippen molar-refractivity contribution in [2.75, 3.05) is 43.4 Å². The number of benzene rings is 3. The molecule has 0 bridgehead atoms. The van der Waals surface area contributed by atoms with Gasteiger partial charge < -0.3 is 20.1 Å². The van der Waals surface area contributed by atoms with E-state index in [2.05, 4.69) is 98.9 Å². The standard InChI is InChI=1S/C31H35N7O/c1-4-7-28(39)32-23-17-20(5-2)16-22(18-23)21-10-11-25-24(19-21)29(36-35-25)31-33-26-8-6-9-27(30(26)34-31)38-14-12-37(3)13-15-38/h6,8-11,16-19H,4-5,7,12-15H2,1-3H3,(H,32,39)(H,33,34)(H,35,36). The van der Waals surface area contributed by atoms with Gasteiger partial charge in [0.15, 0.2) is 5.82 Å². The van der Waals surface area contributed by atoms with Crippen LogP contribution in [0.25, 0.3) is 44.6 Å². The number of H-pyrrole nitrogens is 2. The van der Waals surface area contributed by atoms with Crippen molar-refractivity contribution >= 4 is 39.2 Å². The maximum Gasteiger partial charge on any atom is 0.224 e. The smallest absolute Gasteiger partial charge is 0.224 e. The Morgan fingerprint density at radius 1 is 0.974 bits per heavy atom. The van der Waals surface area contributed by atoms with Gasteiger partial charge in [-0.25, -0.2) is 4.98 Å². The van der Waals surface area contributed by atoms with E-state index in [4.69, 9.17) is 4.98 Å². The second kappa shape index (κ2) is 10.5. The van der Waals surface area contributed by atoms with Crippen molar-refractivity contribution in [3.63, 3.8) is 0 Å². The number of carbonyl (C=O) groups excluding carboxylic acids is 1. The number of likely N-dealkylation sites (N-methyl/N-ethyl adjacent to an activating group) is 1. The summed E-state index contributed by atoms with van der Waals surface area (Å²) in [6.07, 6.45) is 2.23. The number of hydrogen-bond acceptors (Lipinski definition) is 5. The molecule has 5 aromatic rings. The van der Waals surface area contributed by atoms with Crippen molar-refractivity contribution in [2.45, 2.75) is 33.1 Å². The van der Waals surface area contributed by atoms with Crippen LogP contribution in [-0.2, 0) is 11.2 Å². The van der Waals surface area contributed by atoms with E-state index in [0.29, 0.717) is 6.42 Å². The van der Waals surface area contributed by atoms with Crippen LogP contribution in [0.2, 0.25) is 0 Å². The monoisotopic (exact) mass is 521 g/mol. The largest absolute Gasteiger partial charge is 0.367 e. The van der Waals surface area contributed by atoms with E-state index in [1.54, 1.807) is 0 Å². The van der Waals surface area contributed by atoms with Crippen molar-refractivity contribution in [1.82, 2.24) is 25.1 Å². The summed E-state index contributed by atoms with van der Waals surface area (Å²) in [6.45, 7) is 8.22. The number of amides is 1. The third-order valence-electron chi connectivity index (χ3n) is 7.62. The summed E-state index contributed by atoms with van der Waals surface area (Å²) in [5, 5.41) is 11.9. The number of fused-ring (bicyclic) bond motifs is 2. The average molecular weight is 522 g/mol. The molecular formula is C31H35N7O. The summed E-state index contributed by atoms with van der Waals surface area (Å²) < 4.78 is 0. The van der Waals surface area contributed by atoms with Crippen LogP contribution in [0.1, 0.15) is 32.3 Å². The minimum Gasteiger partial charge on any atom is -0.367 e. The lowest BCUT2D eigenvalue weighted by Gasteiger charge is -2.34. The number of para-hydroxylation sites is 1. The molecular weight excluding hydrogens is 486 g/mol. The van der Waals surface area contributed by atoms with Gasteiger partial charge in [0.1, 0.15) is 11.2 Å². The van der Waals surface area contributed by atoms with Crippen LogP contribution < -0.4 is 10.2 Å². The van der Waals surface area contributed by atoms with Gasteiger partial charge in [-0.15, -0.1) is 0 Å². The van der Waals surface area contributed by atoms with E-state index in [-0.39, 0.29) is 5.91 Å².